The number of anilines is 1. The van der Waals surface area contributed by atoms with Gasteiger partial charge in [0.05, 0.1) is 5.69 Å². The van der Waals surface area contributed by atoms with Crippen molar-refractivity contribution in [1.82, 2.24) is 14.5 Å². The van der Waals surface area contributed by atoms with Crippen molar-refractivity contribution in [3.63, 3.8) is 0 Å². The van der Waals surface area contributed by atoms with E-state index in [1.807, 2.05) is 45.9 Å². The minimum atomic E-state index is -0.747. The van der Waals surface area contributed by atoms with E-state index in [1.54, 1.807) is 17.0 Å². The average Bonchev–Trinajstić information content (AvgIpc) is 3.42. The predicted octanol–water partition coefficient (Wildman–Crippen LogP) is 5.87. The molecule has 0 atom stereocenters. The number of rotatable bonds is 6. The van der Waals surface area contributed by atoms with Gasteiger partial charge in [0, 0.05) is 78.8 Å². The molecule has 4 heterocycles. The minimum Gasteiger partial charge on any atom is -0.388 e. The fourth-order valence-electron chi connectivity index (χ4n) is 5.14. The Bertz CT molecular complexity index is 1550. The van der Waals surface area contributed by atoms with Crippen LogP contribution >= 0.6 is 0 Å². The SMILES string of the molecule is C/C(=C\c1c(-n2ccc3c(c2=O)CCN3)ccnc1C)CN1CC=C(c2c(F)cc(OC#N)cc2F)CC1.CC. The van der Waals surface area contributed by atoms with Crippen LogP contribution in [-0.4, -0.2) is 40.6 Å². The van der Waals surface area contributed by atoms with Crippen LogP contribution in [-0.2, 0) is 6.42 Å². The Kier molecular flexibility index (Phi) is 9.12. The largest absolute Gasteiger partial charge is 0.388 e. The van der Waals surface area contributed by atoms with E-state index in [0.717, 1.165) is 52.4 Å². The first kappa shape index (κ1) is 28.7. The van der Waals surface area contributed by atoms with Crippen LogP contribution in [0.25, 0.3) is 17.3 Å². The van der Waals surface area contributed by atoms with Crippen LogP contribution in [0, 0.1) is 30.1 Å². The second-order valence-electron chi connectivity index (χ2n) is 9.55. The first-order valence-electron chi connectivity index (χ1n) is 13.4. The van der Waals surface area contributed by atoms with Crippen LogP contribution in [0.4, 0.5) is 14.5 Å². The van der Waals surface area contributed by atoms with Gasteiger partial charge in [-0.15, -0.1) is 5.26 Å². The third-order valence-corrected chi connectivity index (χ3v) is 6.97. The number of nitriles is 1. The molecule has 2 aliphatic rings. The van der Waals surface area contributed by atoms with E-state index in [2.05, 4.69) is 26.0 Å². The van der Waals surface area contributed by atoms with Crippen molar-refractivity contribution in [2.45, 2.75) is 40.5 Å². The second kappa shape index (κ2) is 12.7. The number of hydrogen-bond acceptors (Lipinski definition) is 6. The minimum absolute atomic E-state index is 0.0224. The lowest BCUT2D eigenvalue weighted by molar-refractivity contribution is 0.327. The summed E-state index contributed by atoms with van der Waals surface area (Å²) in [7, 11) is 0. The third-order valence-electron chi connectivity index (χ3n) is 6.97. The predicted molar refractivity (Wildman–Crippen MR) is 153 cm³/mol. The molecule has 5 rings (SSSR count). The van der Waals surface area contributed by atoms with E-state index in [9.17, 15) is 13.6 Å². The van der Waals surface area contributed by atoms with Gasteiger partial charge >= 0.3 is 0 Å². The van der Waals surface area contributed by atoms with Gasteiger partial charge < -0.3 is 10.1 Å². The summed E-state index contributed by atoms with van der Waals surface area (Å²) in [6.07, 6.45) is 10.0. The van der Waals surface area contributed by atoms with Gasteiger partial charge in [0.25, 0.3) is 11.8 Å². The topological polar surface area (TPSA) is 83.2 Å². The molecule has 0 unspecified atom stereocenters. The Labute approximate surface area is 233 Å². The van der Waals surface area contributed by atoms with E-state index in [1.165, 1.54) is 6.26 Å². The summed E-state index contributed by atoms with van der Waals surface area (Å²) in [6.45, 7) is 10.5. The molecule has 0 bridgehead atoms. The fourth-order valence-corrected chi connectivity index (χ4v) is 5.14. The van der Waals surface area contributed by atoms with Crippen molar-refractivity contribution >= 4 is 17.3 Å². The van der Waals surface area contributed by atoms with Crippen molar-refractivity contribution in [3.05, 3.63) is 92.7 Å². The molecule has 208 valence electrons. The molecule has 0 aliphatic carbocycles. The Morgan fingerprint density at radius 1 is 1.23 bits per heavy atom. The molecule has 0 radical (unpaired) electrons. The molecule has 3 aromatic rings. The maximum atomic E-state index is 14.6. The molecular formula is C31H33F2N5O2. The Morgan fingerprint density at radius 2 is 1.98 bits per heavy atom. The molecule has 40 heavy (non-hydrogen) atoms. The van der Waals surface area contributed by atoms with Crippen molar-refractivity contribution in [2.75, 3.05) is 31.5 Å². The molecule has 0 amide bonds. The van der Waals surface area contributed by atoms with Gasteiger partial charge in [-0.2, -0.15) is 0 Å². The molecule has 7 nitrogen and oxygen atoms in total. The van der Waals surface area contributed by atoms with Crippen LogP contribution in [0.3, 0.4) is 0 Å². The van der Waals surface area contributed by atoms with Gasteiger partial charge in [-0.25, -0.2) is 8.78 Å². The number of halogens is 2. The standard InChI is InChI=1S/C29H27F2N5O2.C2H6/c1-18(16-35-10-5-20(6-11-35)28-24(30)14-21(38-17-32)15-25(28)31)13-23-19(2)33-9-4-27(23)36-12-7-26-22(29(36)37)3-8-34-26;1-2/h4-5,7,9,12-15,34H,3,6,8,10-11,16H2,1-2H3;1-2H3/b18-13+;. The van der Waals surface area contributed by atoms with Crippen LogP contribution in [0.1, 0.15) is 49.6 Å². The molecule has 1 aromatic carbocycles. The van der Waals surface area contributed by atoms with Crippen molar-refractivity contribution in [2.24, 2.45) is 0 Å². The quantitative estimate of drug-likeness (QED) is 0.391. The molecule has 0 saturated carbocycles. The highest BCUT2D eigenvalue weighted by atomic mass is 19.1. The number of pyridine rings is 2. The highest BCUT2D eigenvalue weighted by Crippen LogP contribution is 2.31. The maximum Gasteiger partial charge on any atom is 0.292 e. The van der Waals surface area contributed by atoms with Crippen molar-refractivity contribution < 1.29 is 13.5 Å². The summed E-state index contributed by atoms with van der Waals surface area (Å²) >= 11 is 0. The van der Waals surface area contributed by atoms with E-state index in [0.29, 0.717) is 38.0 Å². The van der Waals surface area contributed by atoms with Crippen LogP contribution in [0.5, 0.6) is 5.75 Å². The lowest BCUT2D eigenvalue weighted by Gasteiger charge is -2.27. The van der Waals surface area contributed by atoms with Gasteiger partial charge in [0.15, 0.2) is 0 Å². The molecule has 1 N–H and O–H groups in total. The van der Waals surface area contributed by atoms with Crippen LogP contribution in [0.15, 0.2) is 53.1 Å². The van der Waals surface area contributed by atoms with E-state index in [4.69, 9.17) is 5.26 Å². The van der Waals surface area contributed by atoms with Gasteiger partial charge in [0.1, 0.15) is 17.4 Å². The zero-order valence-corrected chi connectivity index (χ0v) is 23.2. The monoisotopic (exact) mass is 545 g/mol. The Hall–Kier alpha value is -4.29. The normalized spacial score (nSPS) is 14.8. The zero-order chi connectivity index (χ0) is 28.8. The summed E-state index contributed by atoms with van der Waals surface area (Å²) in [5, 5.41) is 11.8. The average molecular weight is 546 g/mol. The first-order chi connectivity index (χ1) is 19.4. The van der Waals surface area contributed by atoms with Gasteiger partial charge in [-0.3, -0.25) is 19.2 Å². The molecule has 9 heteroatoms. The molecular weight excluding hydrogens is 512 g/mol. The van der Waals surface area contributed by atoms with E-state index >= 15 is 0 Å². The number of ether oxygens (including phenoxy) is 1. The number of aromatic nitrogens is 2. The highest BCUT2D eigenvalue weighted by Gasteiger charge is 2.21. The number of hydrogen-bond donors (Lipinski definition) is 1. The number of fused-ring (bicyclic) bond motifs is 1. The number of nitrogens with zero attached hydrogens (tertiary/aromatic N) is 4. The summed E-state index contributed by atoms with van der Waals surface area (Å²) in [6, 6.07) is 5.85. The zero-order valence-electron chi connectivity index (χ0n) is 23.2. The molecule has 2 aliphatic heterocycles. The van der Waals surface area contributed by atoms with Crippen LogP contribution in [0.2, 0.25) is 0 Å². The highest BCUT2D eigenvalue weighted by molar-refractivity contribution is 5.69. The Balaban J connectivity index is 0.00000181. The molecule has 0 fully saturated rings. The van der Waals surface area contributed by atoms with E-state index < -0.39 is 11.6 Å². The Morgan fingerprint density at radius 3 is 2.65 bits per heavy atom. The molecule has 0 spiro atoms. The number of aryl methyl sites for hydroxylation is 1. The lowest BCUT2D eigenvalue weighted by Crippen LogP contribution is -2.30. The van der Waals surface area contributed by atoms with Gasteiger partial charge in [-0.05, 0) is 44.4 Å². The first-order valence-corrected chi connectivity index (χ1v) is 13.4. The summed E-state index contributed by atoms with van der Waals surface area (Å²) < 4.78 is 35.4. The summed E-state index contributed by atoms with van der Waals surface area (Å²) in [5.74, 6) is -1.65. The smallest absolute Gasteiger partial charge is 0.292 e. The number of benzene rings is 1. The molecule has 0 saturated heterocycles. The number of nitrogens with one attached hydrogen (secondary N) is 1. The van der Waals surface area contributed by atoms with Gasteiger partial charge in [0.2, 0.25) is 0 Å². The maximum absolute atomic E-state index is 14.6. The molecule has 2 aromatic heterocycles. The lowest BCUT2D eigenvalue weighted by atomic mass is 9.97. The van der Waals surface area contributed by atoms with Crippen molar-refractivity contribution in [1.29, 1.82) is 5.26 Å². The van der Waals surface area contributed by atoms with E-state index in [-0.39, 0.29) is 16.9 Å². The second-order valence-corrected chi connectivity index (χ2v) is 9.55. The third kappa shape index (κ3) is 5.97. The van der Waals surface area contributed by atoms with Crippen LogP contribution < -0.4 is 15.6 Å². The summed E-state index contributed by atoms with van der Waals surface area (Å²) in [4.78, 5) is 19.8. The fraction of sp³-hybridized carbons (Fsp3) is 0.323. The van der Waals surface area contributed by atoms with Crippen molar-refractivity contribution in [3.8, 4) is 17.7 Å². The van der Waals surface area contributed by atoms with Gasteiger partial charge in [-0.1, -0.05) is 31.6 Å². The summed E-state index contributed by atoms with van der Waals surface area (Å²) in [5.41, 5.74) is 5.75.